The number of rotatable bonds is 2. The van der Waals surface area contributed by atoms with E-state index in [9.17, 15) is 24.9 Å². The third-order valence-corrected chi connectivity index (χ3v) is 5.24. The summed E-state index contributed by atoms with van der Waals surface area (Å²) in [7, 11) is 0. The second kappa shape index (κ2) is 4.43. The fraction of sp³-hybridized carbons (Fsp3) is 0.222. The van der Waals surface area contributed by atoms with E-state index in [4.69, 9.17) is 0 Å². The van der Waals surface area contributed by atoms with Gasteiger partial charge in [-0.15, -0.1) is 0 Å². The molecule has 0 aromatic heterocycles. The summed E-state index contributed by atoms with van der Waals surface area (Å²) < 4.78 is 0. The molecule has 2 aliphatic rings. The first-order valence-electron chi connectivity index (χ1n) is 7.33. The largest absolute Gasteiger partial charge is 0.481 e. The van der Waals surface area contributed by atoms with Crippen LogP contribution in [0.15, 0.2) is 48.5 Å². The molecule has 0 heterocycles. The zero-order valence-electron chi connectivity index (χ0n) is 12.0. The lowest BCUT2D eigenvalue weighted by Gasteiger charge is -2.41. The van der Waals surface area contributed by atoms with E-state index in [-0.39, 0.29) is 0 Å². The van der Waals surface area contributed by atoms with Crippen LogP contribution in [0.5, 0.6) is 0 Å². The monoisotopic (exact) mass is 310 g/mol. The van der Waals surface area contributed by atoms with Crippen molar-refractivity contribution in [1.82, 2.24) is 0 Å². The van der Waals surface area contributed by atoms with Crippen LogP contribution in [0.2, 0.25) is 0 Å². The molecule has 2 aromatic rings. The van der Waals surface area contributed by atoms with Gasteiger partial charge >= 0.3 is 11.9 Å². The molecule has 4 rings (SSSR count). The summed E-state index contributed by atoms with van der Waals surface area (Å²) >= 11 is 0. The number of carbonyl (C=O) groups is 2. The maximum Gasteiger partial charge on any atom is 0.318 e. The normalized spacial score (nSPS) is 30.4. The Morgan fingerprint density at radius 2 is 1.43 bits per heavy atom. The van der Waals surface area contributed by atoms with Gasteiger partial charge in [0.1, 0.15) is 11.5 Å². The van der Waals surface area contributed by atoms with Gasteiger partial charge in [-0.3, -0.25) is 9.59 Å². The minimum Gasteiger partial charge on any atom is -0.481 e. The Morgan fingerprint density at radius 3 is 2.04 bits per heavy atom. The van der Waals surface area contributed by atoms with Crippen LogP contribution >= 0.6 is 0 Å². The van der Waals surface area contributed by atoms with Gasteiger partial charge in [0.25, 0.3) is 0 Å². The van der Waals surface area contributed by atoms with E-state index in [1.54, 1.807) is 48.5 Å². The van der Waals surface area contributed by atoms with E-state index < -0.39 is 35.3 Å². The molecule has 5 nitrogen and oxygen atoms in total. The van der Waals surface area contributed by atoms with Crippen molar-refractivity contribution in [3.63, 3.8) is 0 Å². The van der Waals surface area contributed by atoms with Crippen molar-refractivity contribution in [3.8, 4) is 0 Å². The summed E-state index contributed by atoms with van der Waals surface area (Å²) in [4.78, 5) is 24.2. The molecule has 0 saturated heterocycles. The van der Waals surface area contributed by atoms with Crippen LogP contribution < -0.4 is 0 Å². The molecule has 116 valence electrons. The Morgan fingerprint density at radius 1 is 0.870 bits per heavy atom. The first-order chi connectivity index (χ1) is 11.0. The van der Waals surface area contributed by atoms with Gasteiger partial charge in [0.15, 0.2) is 0 Å². The van der Waals surface area contributed by atoms with Crippen LogP contribution in [0, 0.1) is 5.92 Å². The fourth-order valence-electron chi connectivity index (χ4n) is 4.41. The number of aliphatic hydroxyl groups excluding tert-OH is 1. The van der Waals surface area contributed by atoms with Crippen molar-refractivity contribution in [2.45, 2.75) is 17.4 Å². The minimum absolute atomic E-state index is 0.397. The lowest BCUT2D eigenvalue weighted by molar-refractivity contribution is -0.163. The van der Waals surface area contributed by atoms with Gasteiger partial charge in [-0.25, -0.2) is 0 Å². The van der Waals surface area contributed by atoms with Crippen molar-refractivity contribution < 1.29 is 24.9 Å². The standard InChI is InChI=1S/C18H14O5/c19-15-10-6-2-1-5-9(10)13-11-7-3-4-8-12(11)18(15,17(22)23)14(13)16(20)21/h1-8,13-15,19H,(H,20,21)(H,22,23)/t13-,14-,15+,18-/m0/s1. The zero-order chi connectivity index (χ0) is 16.4. The Kier molecular flexibility index (Phi) is 2.69. The highest BCUT2D eigenvalue weighted by Crippen LogP contribution is 2.63. The molecule has 0 spiro atoms. The maximum absolute atomic E-state index is 12.2. The maximum atomic E-state index is 12.2. The Bertz CT molecular complexity index is 843. The average molecular weight is 310 g/mol. The van der Waals surface area contributed by atoms with Crippen LogP contribution in [0.4, 0.5) is 0 Å². The van der Waals surface area contributed by atoms with Gasteiger partial charge < -0.3 is 15.3 Å². The quantitative estimate of drug-likeness (QED) is 0.787. The second-order valence-corrected chi connectivity index (χ2v) is 6.09. The molecule has 0 radical (unpaired) electrons. The molecule has 2 aromatic carbocycles. The fourth-order valence-corrected chi connectivity index (χ4v) is 4.41. The Hall–Kier alpha value is -2.66. The molecule has 23 heavy (non-hydrogen) atoms. The van der Waals surface area contributed by atoms with Gasteiger partial charge in [-0.2, -0.15) is 0 Å². The van der Waals surface area contributed by atoms with E-state index >= 15 is 0 Å². The SMILES string of the molecule is O=C(O)[C@@H]1[C@H]2c3ccccc3[C@@H](O)[C@]1(C(=O)O)c1ccccc12. The zero-order valence-corrected chi connectivity index (χ0v) is 12.0. The number of hydrogen-bond donors (Lipinski definition) is 3. The third-order valence-electron chi connectivity index (χ3n) is 5.24. The summed E-state index contributed by atoms with van der Waals surface area (Å²) in [6, 6.07) is 13.8. The number of carboxylic acids is 2. The number of benzene rings is 2. The molecular formula is C18H14O5. The van der Waals surface area contributed by atoms with Crippen LogP contribution in [-0.4, -0.2) is 27.3 Å². The van der Waals surface area contributed by atoms with Crippen molar-refractivity contribution in [2.75, 3.05) is 0 Å². The second-order valence-electron chi connectivity index (χ2n) is 6.09. The molecule has 0 amide bonds. The molecule has 3 N–H and O–H groups in total. The molecule has 5 heteroatoms. The molecule has 0 fully saturated rings. The number of hydrogen-bond acceptors (Lipinski definition) is 3. The number of carboxylic acid groups (broad SMARTS) is 2. The Balaban J connectivity index is 2.16. The highest BCUT2D eigenvalue weighted by Gasteiger charge is 2.67. The van der Waals surface area contributed by atoms with Gasteiger partial charge in [0, 0.05) is 5.92 Å². The minimum atomic E-state index is -1.86. The predicted molar refractivity (Wildman–Crippen MR) is 80.1 cm³/mol. The molecular weight excluding hydrogens is 296 g/mol. The summed E-state index contributed by atoms with van der Waals surface area (Å²) in [5.74, 6) is -4.31. The lowest BCUT2D eigenvalue weighted by Crippen LogP contribution is -2.51. The third kappa shape index (κ3) is 1.45. The molecule has 2 bridgehead atoms. The van der Waals surface area contributed by atoms with Crippen molar-refractivity contribution in [3.05, 3.63) is 70.8 Å². The lowest BCUT2D eigenvalue weighted by atomic mass is 9.61. The summed E-state index contributed by atoms with van der Waals surface area (Å²) in [6.45, 7) is 0. The van der Waals surface area contributed by atoms with Gasteiger partial charge in [-0.05, 0) is 22.3 Å². The first-order valence-corrected chi connectivity index (χ1v) is 7.33. The van der Waals surface area contributed by atoms with E-state index in [1.807, 2.05) is 0 Å². The molecule has 0 unspecified atom stereocenters. The number of fused-ring (bicyclic) bond motifs is 7. The molecule has 0 saturated carbocycles. The van der Waals surface area contributed by atoms with Gasteiger partial charge in [-0.1, -0.05) is 48.5 Å². The van der Waals surface area contributed by atoms with Crippen LogP contribution in [0.3, 0.4) is 0 Å². The van der Waals surface area contributed by atoms with Crippen molar-refractivity contribution >= 4 is 11.9 Å². The molecule has 0 aliphatic heterocycles. The van der Waals surface area contributed by atoms with E-state index in [0.29, 0.717) is 22.3 Å². The van der Waals surface area contributed by atoms with Gasteiger partial charge in [0.05, 0.1) is 5.92 Å². The van der Waals surface area contributed by atoms with E-state index in [0.717, 1.165) is 0 Å². The van der Waals surface area contributed by atoms with Crippen LogP contribution in [0.1, 0.15) is 34.3 Å². The topological polar surface area (TPSA) is 94.8 Å². The first kappa shape index (κ1) is 14.0. The molecule has 4 atom stereocenters. The highest BCUT2D eigenvalue weighted by molar-refractivity contribution is 5.94. The summed E-state index contributed by atoms with van der Waals surface area (Å²) in [5, 5.41) is 30.6. The van der Waals surface area contributed by atoms with Crippen LogP contribution in [0.25, 0.3) is 0 Å². The van der Waals surface area contributed by atoms with Crippen LogP contribution in [-0.2, 0) is 15.0 Å². The van der Waals surface area contributed by atoms with E-state index in [1.165, 1.54) is 0 Å². The predicted octanol–water partition coefficient (Wildman–Crippen LogP) is 1.90. The average Bonchev–Trinajstić information content (AvgIpc) is 2.82. The number of aliphatic hydroxyl groups is 1. The summed E-state index contributed by atoms with van der Waals surface area (Å²) in [6.07, 6.45) is -1.41. The van der Waals surface area contributed by atoms with Crippen molar-refractivity contribution in [1.29, 1.82) is 0 Å². The molecule has 2 aliphatic carbocycles. The van der Waals surface area contributed by atoms with Crippen molar-refractivity contribution in [2.24, 2.45) is 5.92 Å². The number of aliphatic carboxylic acids is 2. The summed E-state index contributed by atoms with van der Waals surface area (Å²) in [5.41, 5.74) is 0.393. The highest BCUT2D eigenvalue weighted by atomic mass is 16.4. The Labute approximate surface area is 131 Å². The van der Waals surface area contributed by atoms with Gasteiger partial charge in [0.2, 0.25) is 0 Å². The van der Waals surface area contributed by atoms with E-state index in [2.05, 4.69) is 0 Å². The smallest absolute Gasteiger partial charge is 0.318 e.